The first-order valence-corrected chi connectivity index (χ1v) is 9.75. The molecule has 3 aromatic carbocycles. The molecule has 7 heteroatoms. The van der Waals surface area contributed by atoms with Crippen LogP contribution < -0.4 is 9.64 Å². The number of halogens is 2. The van der Waals surface area contributed by atoms with Crippen molar-refractivity contribution in [2.45, 2.75) is 16.4 Å². The minimum absolute atomic E-state index is 0.00268. The monoisotopic (exact) mass is 420 g/mol. The number of benzene rings is 3. The molecule has 1 heterocycles. The van der Waals surface area contributed by atoms with Crippen LogP contribution in [0.3, 0.4) is 0 Å². The number of rotatable bonds is 4. The molecule has 0 radical (unpaired) electrons. The van der Waals surface area contributed by atoms with E-state index in [2.05, 4.69) is 4.74 Å². The third-order valence-electron chi connectivity index (χ3n) is 4.40. The van der Waals surface area contributed by atoms with Crippen molar-refractivity contribution >= 4 is 35.1 Å². The fourth-order valence-corrected chi connectivity index (χ4v) is 4.16. The first kappa shape index (κ1) is 19.7. The van der Waals surface area contributed by atoms with E-state index in [1.165, 1.54) is 35.2 Å². The maximum absolute atomic E-state index is 13.4. The lowest BCUT2D eigenvalue weighted by molar-refractivity contribution is -0.114. The lowest BCUT2D eigenvalue weighted by atomic mass is 10.1. The summed E-state index contributed by atoms with van der Waals surface area (Å²) >= 11 is 1.56. The summed E-state index contributed by atoms with van der Waals surface area (Å²) in [4.78, 5) is 16.7. The Morgan fingerprint density at radius 1 is 0.967 bits per heavy atom. The van der Waals surface area contributed by atoms with Crippen LogP contribution in [0.25, 0.3) is 6.08 Å². The molecular weight excluding hydrogens is 406 g/mol. The SMILES string of the molecule is N#C/C(=C/c1ccc(OC(F)F)cc1)C(=O)N1c2ccccc2Sc2ccccc21. The number of anilines is 2. The number of nitrogens with zero attached hydrogens (tertiary/aromatic N) is 2. The van der Waals surface area contributed by atoms with E-state index in [1.54, 1.807) is 11.8 Å². The van der Waals surface area contributed by atoms with Gasteiger partial charge in [-0.3, -0.25) is 9.69 Å². The Balaban J connectivity index is 1.71. The summed E-state index contributed by atoms with van der Waals surface area (Å²) in [5.41, 5.74) is 1.85. The van der Waals surface area contributed by atoms with Gasteiger partial charge in [-0.25, -0.2) is 0 Å². The zero-order valence-electron chi connectivity index (χ0n) is 15.5. The van der Waals surface area contributed by atoms with Gasteiger partial charge >= 0.3 is 6.61 Å². The van der Waals surface area contributed by atoms with E-state index in [0.29, 0.717) is 16.9 Å². The quantitative estimate of drug-likeness (QED) is 0.382. The van der Waals surface area contributed by atoms with E-state index in [-0.39, 0.29) is 11.3 Å². The van der Waals surface area contributed by atoms with Crippen LogP contribution >= 0.6 is 11.8 Å². The van der Waals surface area contributed by atoms with Crippen LogP contribution in [0.2, 0.25) is 0 Å². The summed E-state index contributed by atoms with van der Waals surface area (Å²) in [6, 6.07) is 22.7. The average Bonchev–Trinajstić information content (AvgIpc) is 2.76. The highest BCUT2D eigenvalue weighted by Crippen LogP contribution is 2.48. The number of nitriles is 1. The van der Waals surface area contributed by atoms with Gasteiger partial charge in [0.25, 0.3) is 5.91 Å². The Morgan fingerprint density at radius 3 is 2.07 bits per heavy atom. The Morgan fingerprint density at radius 2 is 1.53 bits per heavy atom. The summed E-state index contributed by atoms with van der Waals surface area (Å²) in [5, 5.41) is 9.66. The first-order valence-electron chi connectivity index (χ1n) is 8.94. The number of alkyl halides is 2. The zero-order valence-corrected chi connectivity index (χ0v) is 16.3. The molecule has 30 heavy (non-hydrogen) atoms. The highest BCUT2D eigenvalue weighted by molar-refractivity contribution is 7.99. The third-order valence-corrected chi connectivity index (χ3v) is 5.53. The van der Waals surface area contributed by atoms with Crippen molar-refractivity contribution in [3.63, 3.8) is 0 Å². The van der Waals surface area contributed by atoms with E-state index < -0.39 is 12.5 Å². The fourth-order valence-electron chi connectivity index (χ4n) is 3.10. The molecule has 0 bridgehead atoms. The molecule has 0 saturated carbocycles. The predicted octanol–water partition coefficient (Wildman–Crippen LogP) is 6.02. The molecule has 1 amide bonds. The van der Waals surface area contributed by atoms with Crippen molar-refractivity contribution in [3.8, 4) is 11.8 Å². The standard InChI is InChI=1S/C23H14F2N2O2S/c24-23(25)29-17-11-9-15(10-12-17)13-16(14-26)22(28)27-18-5-1-3-7-20(18)30-21-8-4-2-6-19(21)27/h1-13,23H/b16-13-. The molecule has 0 atom stereocenters. The predicted molar refractivity (Wildman–Crippen MR) is 111 cm³/mol. The molecule has 1 aliphatic rings. The Bertz CT molecular complexity index is 1120. The maximum Gasteiger partial charge on any atom is 0.387 e. The number of fused-ring (bicyclic) bond motifs is 2. The number of amides is 1. The normalized spacial score (nSPS) is 12.7. The maximum atomic E-state index is 13.4. The number of hydrogen-bond acceptors (Lipinski definition) is 4. The van der Waals surface area contributed by atoms with Crippen molar-refractivity contribution in [3.05, 3.63) is 83.9 Å². The molecule has 0 unspecified atom stereocenters. The third kappa shape index (κ3) is 3.91. The van der Waals surface area contributed by atoms with E-state index in [1.807, 2.05) is 54.6 Å². The van der Waals surface area contributed by atoms with Crippen molar-refractivity contribution < 1.29 is 18.3 Å². The van der Waals surface area contributed by atoms with E-state index in [4.69, 9.17) is 0 Å². The number of carbonyl (C=O) groups is 1. The molecule has 0 aliphatic carbocycles. The van der Waals surface area contributed by atoms with Gasteiger partial charge < -0.3 is 4.74 Å². The molecule has 4 rings (SSSR count). The van der Waals surface area contributed by atoms with Crippen molar-refractivity contribution in [2.75, 3.05) is 4.90 Å². The second kappa shape index (κ2) is 8.39. The Kier molecular flexibility index (Phi) is 5.50. The molecule has 3 aromatic rings. The highest BCUT2D eigenvalue weighted by Gasteiger charge is 2.29. The van der Waals surface area contributed by atoms with Gasteiger partial charge in [0.2, 0.25) is 0 Å². The number of ether oxygens (including phenoxy) is 1. The van der Waals surface area contributed by atoms with Crippen LogP contribution in [-0.4, -0.2) is 12.5 Å². The van der Waals surface area contributed by atoms with Gasteiger partial charge in [-0.1, -0.05) is 48.2 Å². The summed E-state index contributed by atoms with van der Waals surface area (Å²) in [6.45, 7) is -2.92. The van der Waals surface area contributed by atoms with Crippen LogP contribution in [0.15, 0.2) is 88.2 Å². The van der Waals surface area contributed by atoms with Gasteiger partial charge in [-0.15, -0.1) is 0 Å². The van der Waals surface area contributed by atoms with Gasteiger partial charge in [-0.05, 0) is 48.0 Å². The summed E-state index contributed by atoms with van der Waals surface area (Å²) in [5.74, 6) is -0.464. The number of hydrogen-bond donors (Lipinski definition) is 0. The van der Waals surface area contributed by atoms with Crippen molar-refractivity contribution in [1.29, 1.82) is 5.26 Å². The van der Waals surface area contributed by atoms with Crippen molar-refractivity contribution in [2.24, 2.45) is 0 Å². The summed E-state index contributed by atoms with van der Waals surface area (Å²) in [6.07, 6.45) is 1.43. The molecule has 148 valence electrons. The molecule has 0 saturated heterocycles. The topological polar surface area (TPSA) is 53.3 Å². The largest absolute Gasteiger partial charge is 0.435 e. The molecule has 0 fully saturated rings. The van der Waals surface area contributed by atoms with Gasteiger partial charge in [0.1, 0.15) is 17.4 Å². The van der Waals surface area contributed by atoms with Crippen LogP contribution in [0.4, 0.5) is 20.2 Å². The molecule has 0 spiro atoms. The highest BCUT2D eigenvalue weighted by atomic mass is 32.2. The summed E-state index contributed by atoms with van der Waals surface area (Å²) in [7, 11) is 0. The van der Waals surface area contributed by atoms with Crippen LogP contribution in [0, 0.1) is 11.3 Å². The minimum atomic E-state index is -2.92. The second-order valence-corrected chi connectivity index (χ2v) is 7.38. The van der Waals surface area contributed by atoms with Crippen molar-refractivity contribution in [1.82, 2.24) is 0 Å². The van der Waals surface area contributed by atoms with E-state index in [0.717, 1.165) is 9.79 Å². The lowest BCUT2D eigenvalue weighted by Crippen LogP contribution is -2.29. The molecular formula is C23H14F2N2O2S. The molecule has 0 aromatic heterocycles. The number of para-hydroxylation sites is 2. The smallest absolute Gasteiger partial charge is 0.387 e. The molecule has 1 aliphatic heterocycles. The Hall–Kier alpha value is -3.63. The van der Waals surface area contributed by atoms with E-state index >= 15 is 0 Å². The van der Waals surface area contributed by atoms with Gasteiger partial charge in [0.05, 0.1) is 11.4 Å². The number of carbonyl (C=O) groups excluding carboxylic acids is 1. The zero-order chi connectivity index (χ0) is 21.1. The fraction of sp³-hybridized carbons (Fsp3) is 0.0435. The Labute approximate surface area is 176 Å². The first-order chi connectivity index (χ1) is 14.6. The van der Waals surface area contributed by atoms with Gasteiger partial charge in [-0.2, -0.15) is 14.0 Å². The van der Waals surface area contributed by atoms with Gasteiger partial charge in [0, 0.05) is 9.79 Å². The van der Waals surface area contributed by atoms with Crippen LogP contribution in [0.1, 0.15) is 5.56 Å². The minimum Gasteiger partial charge on any atom is -0.435 e. The van der Waals surface area contributed by atoms with E-state index in [9.17, 15) is 18.8 Å². The molecule has 4 nitrogen and oxygen atoms in total. The summed E-state index contributed by atoms with van der Waals surface area (Å²) < 4.78 is 28.9. The lowest BCUT2D eigenvalue weighted by Gasteiger charge is -2.30. The second-order valence-electron chi connectivity index (χ2n) is 6.30. The van der Waals surface area contributed by atoms with Crippen LogP contribution in [0.5, 0.6) is 5.75 Å². The average molecular weight is 420 g/mol. The van der Waals surface area contributed by atoms with Crippen LogP contribution in [-0.2, 0) is 4.79 Å². The molecule has 0 N–H and O–H groups in total. The van der Waals surface area contributed by atoms with Gasteiger partial charge in [0.15, 0.2) is 0 Å².